The molecular weight excluding hydrogens is 342 g/mol. The molecule has 0 bridgehead atoms. The van der Waals surface area contributed by atoms with Crippen LogP contribution in [0.4, 0.5) is 0 Å². The van der Waals surface area contributed by atoms with Gasteiger partial charge in [-0.1, -0.05) is 31.9 Å². The average molecular weight is 369 g/mol. The van der Waals surface area contributed by atoms with Crippen molar-refractivity contribution in [2.45, 2.75) is 51.9 Å². The first-order valence-electron chi connectivity index (χ1n) is 9.60. The van der Waals surface area contributed by atoms with E-state index in [1.54, 1.807) is 7.11 Å². The van der Waals surface area contributed by atoms with Crippen molar-refractivity contribution in [2.24, 2.45) is 0 Å². The Balaban J connectivity index is 1.77. The number of carbonyl (C=O) groups is 2. The van der Waals surface area contributed by atoms with Gasteiger partial charge in [0.15, 0.2) is 5.78 Å². The number of esters is 1. The van der Waals surface area contributed by atoms with Crippen molar-refractivity contribution in [1.82, 2.24) is 4.98 Å². The minimum Gasteiger partial charge on any atom is -0.497 e. The van der Waals surface area contributed by atoms with E-state index < -0.39 is 0 Å². The molecule has 1 aromatic carbocycles. The zero-order valence-electron chi connectivity index (χ0n) is 16.3. The number of aromatic amines is 1. The summed E-state index contributed by atoms with van der Waals surface area (Å²) in [6.07, 6.45) is 4.13. The number of ketones is 1. The van der Waals surface area contributed by atoms with Gasteiger partial charge in [0.25, 0.3) is 0 Å². The molecule has 1 heterocycles. The van der Waals surface area contributed by atoms with E-state index in [1.165, 1.54) is 0 Å². The van der Waals surface area contributed by atoms with Crippen LogP contribution in [0.15, 0.2) is 24.3 Å². The lowest BCUT2D eigenvalue weighted by Crippen LogP contribution is -2.18. The molecule has 5 heteroatoms. The lowest BCUT2D eigenvalue weighted by atomic mass is 9.81. The van der Waals surface area contributed by atoms with Crippen molar-refractivity contribution >= 4 is 11.8 Å². The Morgan fingerprint density at radius 2 is 1.93 bits per heavy atom. The maximum Gasteiger partial charge on any atom is 0.355 e. The van der Waals surface area contributed by atoms with Crippen molar-refractivity contribution < 1.29 is 19.1 Å². The Bertz CT molecular complexity index is 820. The topological polar surface area (TPSA) is 68.4 Å². The average Bonchev–Trinajstić information content (AvgIpc) is 3.02. The zero-order chi connectivity index (χ0) is 19.4. The van der Waals surface area contributed by atoms with E-state index in [1.807, 2.05) is 31.2 Å². The molecular formula is C22H27NO4. The van der Waals surface area contributed by atoms with Gasteiger partial charge in [-0.2, -0.15) is 0 Å². The van der Waals surface area contributed by atoms with Crippen LogP contribution in [0, 0.1) is 6.92 Å². The predicted molar refractivity (Wildman–Crippen MR) is 104 cm³/mol. The van der Waals surface area contributed by atoms with Gasteiger partial charge in [0.2, 0.25) is 0 Å². The molecule has 1 aromatic heterocycles. The number of nitrogens with one attached hydrogen (secondary N) is 1. The van der Waals surface area contributed by atoms with E-state index >= 15 is 0 Å². The van der Waals surface area contributed by atoms with Crippen molar-refractivity contribution in [3.05, 3.63) is 52.3 Å². The number of unbranched alkanes of at least 4 members (excludes halogenated alkanes) is 2. The summed E-state index contributed by atoms with van der Waals surface area (Å²) in [6, 6.07) is 7.82. The number of ether oxygens (including phenoxy) is 2. The van der Waals surface area contributed by atoms with Gasteiger partial charge in [-0.3, -0.25) is 4.79 Å². The SMILES string of the molecule is CCCCCOC(=O)c1[nH]c2c(c1C)C(=O)C[C@H](c1ccc(OC)cc1)C2. The Morgan fingerprint density at radius 1 is 1.19 bits per heavy atom. The molecule has 1 N–H and O–H groups in total. The maximum absolute atomic E-state index is 12.8. The van der Waals surface area contributed by atoms with E-state index in [4.69, 9.17) is 9.47 Å². The van der Waals surface area contributed by atoms with Crippen LogP contribution in [-0.2, 0) is 11.2 Å². The van der Waals surface area contributed by atoms with Crippen molar-refractivity contribution in [2.75, 3.05) is 13.7 Å². The summed E-state index contributed by atoms with van der Waals surface area (Å²) >= 11 is 0. The third-order valence-electron chi connectivity index (χ3n) is 5.26. The second-order valence-corrected chi connectivity index (χ2v) is 7.12. The molecule has 27 heavy (non-hydrogen) atoms. The standard InChI is InChI=1S/C22H27NO4/c1-4-5-6-11-27-22(25)21-14(2)20-18(23-21)12-16(13-19(20)24)15-7-9-17(26-3)10-8-15/h7-10,16,23H,4-6,11-13H2,1-3H3/t16-/m1/s1. The minimum absolute atomic E-state index is 0.0795. The summed E-state index contributed by atoms with van der Waals surface area (Å²) in [5.41, 5.74) is 3.74. The Kier molecular flexibility index (Phi) is 5.99. The number of Topliss-reactive ketones (excluding diaryl/α,β-unsaturated/α-hetero) is 1. The van der Waals surface area contributed by atoms with Gasteiger partial charge < -0.3 is 14.5 Å². The van der Waals surface area contributed by atoms with Crippen LogP contribution in [0.25, 0.3) is 0 Å². The second kappa shape index (κ2) is 8.42. The van der Waals surface area contributed by atoms with Crippen LogP contribution in [0.1, 0.15) is 76.2 Å². The molecule has 5 nitrogen and oxygen atoms in total. The fraction of sp³-hybridized carbons (Fsp3) is 0.455. The number of hydrogen-bond acceptors (Lipinski definition) is 4. The predicted octanol–water partition coefficient (Wildman–Crippen LogP) is 4.59. The van der Waals surface area contributed by atoms with Crippen molar-refractivity contribution in [1.29, 1.82) is 0 Å². The highest BCUT2D eigenvalue weighted by atomic mass is 16.5. The lowest BCUT2D eigenvalue weighted by Gasteiger charge is -2.22. The van der Waals surface area contributed by atoms with Gasteiger partial charge in [-0.05, 0) is 48.9 Å². The largest absolute Gasteiger partial charge is 0.497 e. The van der Waals surface area contributed by atoms with Crippen LogP contribution in [0.5, 0.6) is 5.75 Å². The normalized spacial score (nSPS) is 16.1. The minimum atomic E-state index is -0.369. The Hall–Kier alpha value is -2.56. The fourth-order valence-corrected chi connectivity index (χ4v) is 3.74. The smallest absolute Gasteiger partial charge is 0.355 e. The van der Waals surface area contributed by atoms with E-state index in [0.717, 1.165) is 36.3 Å². The molecule has 0 saturated heterocycles. The first kappa shape index (κ1) is 19.2. The van der Waals surface area contributed by atoms with E-state index in [2.05, 4.69) is 11.9 Å². The van der Waals surface area contributed by atoms with Crippen LogP contribution < -0.4 is 4.74 Å². The van der Waals surface area contributed by atoms with E-state index in [-0.39, 0.29) is 17.7 Å². The first-order valence-corrected chi connectivity index (χ1v) is 9.60. The molecule has 0 fully saturated rings. The van der Waals surface area contributed by atoms with E-state index in [0.29, 0.717) is 36.3 Å². The van der Waals surface area contributed by atoms with Gasteiger partial charge in [0.1, 0.15) is 11.4 Å². The number of H-pyrrole nitrogens is 1. The van der Waals surface area contributed by atoms with E-state index in [9.17, 15) is 9.59 Å². The molecule has 0 radical (unpaired) electrons. The number of aromatic nitrogens is 1. The molecule has 3 rings (SSSR count). The monoisotopic (exact) mass is 369 g/mol. The van der Waals surface area contributed by atoms with Crippen LogP contribution in [0.3, 0.4) is 0 Å². The molecule has 2 aromatic rings. The number of rotatable bonds is 7. The lowest BCUT2D eigenvalue weighted by molar-refractivity contribution is 0.0491. The van der Waals surface area contributed by atoms with Crippen molar-refractivity contribution in [3.8, 4) is 5.75 Å². The van der Waals surface area contributed by atoms with Gasteiger partial charge in [-0.15, -0.1) is 0 Å². The molecule has 1 atom stereocenters. The number of methoxy groups -OCH3 is 1. The van der Waals surface area contributed by atoms with Crippen molar-refractivity contribution in [3.63, 3.8) is 0 Å². The molecule has 0 spiro atoms. The number of hydrogen-bond donors (Lipinski definition) is 1. The highest BCUT2D eigenvalue weighted by Gasteiger charge is 2.32. The third kappa shape index (κ3) is 4.07. The Morgan fingerprint density at radius 3 is 2.59 bits per heavy atom. The number of fused-ring (bicyclic) bond motifs is 1. The summed E-state index contributed by atoms with van der Waals surface area (Å²) in [5, 5.41) is 0. The molecule has 0 aliphatic heterocycles. The molecule has 0 unspecified atom stereocenters. The summed E-state index contributed by atoms with van der Waals surface area (Å²) in [5.74, 6) is 0.607. The number of benzene rings is 1. The van der Waals surface area contributed by atoms with Gasteiger partial charge in [0.05, 0.1) is 13.7 Å². The Labute approximate surface area is 160 Å². The van der Waals surface area contributed by atoms with Crippen LogP contribution in [0.2, 0.25) is 0 Å². The first-order chi connectivity index (χ1) is 13.0. The number of carbonyl (C=O) groups excluding carboxylic acids is 2. The molecule has 1 aliphatic rings. The zero-order valence-corrected chi connectivity index (χ0v) is 16.3. The maximum atomic E-state index is 12.8. The second-order valence-electron chi connectivity index (χ2n) is 7.12. The third-order valence-corrected chi connectivity index (χ3v) is 5.26. The fourth-order valence-electron chi connectivity index (χ4n) is 3.74. The molecule has 0 saturated carbocycles. The molecule has 0 amide bonds. The summed E-state index contributed by atoms with van der Waals surface area (Å²) in [4.78, 5) is 28.3. The summed E-state index contributed by atoms with van der Waals surface area (Å²) in [6.45, 7) is 4.34. The highest BCUT2D eigenvalue weighted by molar-refractivity contribution is 6.03. The van der Waals surface area contributed by atoms with Gasteiger partial charge >= 0.3 is 5.97 Å². The molecule has 144 valence electrons. The highest BCUT2D eigenvalue weighted by Crippen LogP contribution is 2.35. The van der Waals surface area contributed by atoms with Crippen LogP contribution >= 0.6 is 0 Å². The van der Waals surface area contributed by atoms with Gasteiger partial charge in [0, 0.05) is 17.7 Å². The van der Waals surface area contributed by atoms with Crippen LogP contribution in [-0.4, -0.2) is 30.5 Å². The van der Waals surface area contributed by atoms with Gasteiger partial charge in [-0.25, -0.2) is 4.79 Å². The molecule has 1 aliphatic carbocycles. The summed E-state index contributed by atoms with van der Waals surface area (Å²) in [7, 11) is 1.63. The quantitative estimate of drug-likeness (QED) is 0.572. The summed E-state index contributed by atoms with van der Waals surface area (Å²) < 4.78 is 10.6.